The Kier molecular flexibility index (Phi) is 8.88. The predicted molar refractivity (Wildman–Crippen MR) is 133 cm³/mol. The van der Waals surface area contributed by atoms with Crippen LogP contribution in [0.5, 0.6) is 5.75 Å². The second-order valence-corrected chi connectivity index (χ2v) is 9.57. The van der Waals surface area contributed by atoms with Crippen molar-refractivity contribution in [3.63, 3.8) is 0 Å². The molecule has 11 heteroatoms. The lowest BCUT2D eigenvalue weighted by Crippen LogP contribution is -2.37. The topological polar surface area (TPSA) is 105 Å². The number of carbonyl (C=O) groups excluding carboxylic acids is 2. The van der Waals surface area contributed by atoms with E-state index in [1.807, 2.05) is 13.8 Å². The third-order valence-electron chi connectivity index (χ3n) is 5.42. The van der Waals surface area contributed by atoms with Gasteiger partial charge in [-0.3, -0.25) is 9.78 Å². The van der Waals surface area contributed by atoms with Gasteiger partial charge in [-0.1, -0.05) is 25.4 Å². The molecule has 0 spiro atoms. The molecule has 198 valence electrons. The van der Waals surface area contributed by atoms with Gasteiger partial charge in [0.15, 0.2) is 17.4 Å². The quantitative estimate of drug-likeness (QED) is 0.525. The summed E-state index contributed by atoms with van der Waals surface area (Å²) in [5, 5.41) is 9.19. The van der Waals surface area contributed by atoms with E-state index in [4.69, 9.17) is 26.2 Å². The van der Waals surface area contributed by atoms with E-state index in [0.29, 0.717) is 5.56 Å². The largest absolute Gasteiger partial charge is 0.488 e. The second kappa shape index (κ2) is 11.7. The van der Waals surface area contributed by atoms with E-state index >= 15 is 0 Å². The number of esters is 1. The van der Waals surface area contributed by atoms with Gasteiger partial charge in [0.1, 0.15) is 17.3 Å². The number of nitrogens with zero attached hydrogens (tertiary/aromatic N) is 2. The Labute approximate surface area is 218 Å². The maximum absolute atomic E-state index is 13.9. The zero-order chi connectivity index (χ0) is 27.3. The number of halogens is 3. The summed E-state index contributed by atoms with van der Waals surface area (Å²) in [7, 11) is 0. The fourth-order valence-corrected chi connectivity index (χ4v) is 3.89. The number of rotatable bonds is 6. The lowest BCUT2D eigenvalue weighted by Gasteiger charge is -2.29. The van der Waals surface area contributed by atoms with Crippen molar-refractivity contribution in [2.45, 2.75) is 39.2 Å². The van der Waals surface area contributed by atoms with Gasteiger partial charge >= 0.3 is 5.97 Å². The summed E-state index contributed by atoms with van der Waals surface area (Å²) in [4.78, 5) is 35.2. The van der Waals surface area contributed by atoms with Crippen LogP contribution >= 0.6 is 11.6 Å². The third-order valence-corrected chi connectivity index (χ3v) is 5.71. The molecule has 2 N–H and O–H groups in total. The molecule has 0 aliphatic carbocycles. The average molecular weight is 536 g/mol. The van der Waals surface area contributed by atoms with E-state index in [-0.39, 0.29) is 47.5 Å². The van der Waals surface area contributed by atoms with E-state index in [1.165, 1.54) is 29.4 Å². The van der Waals surface area contributed by atoms with E-state index in [2.05, 4.69) is 9.97 Å². The average Bonchev–Trinajstić information content (AvgIpc) is 2.87. The Hall–Kier alpha value is -3.50. The summed E-state index contributed by atoms with van der Waals surface area (Å²) >= 11 is 6.37. The summed E-state index contributed by atoms with van der Waals surface area (Å²) < 4.78 is 38.2. The number of H-pyrrole nitrogens is 1. The summed E-state index contributed by atoms with van der Waals surface area (Å²) in [6.45, 7) is 6.85. The fourth-order valence-electron chi connectivity index (χ4n) is 3.72. The SMILES string of the molecule is CC(C)OC(=O)C1=CN(C(=O)c2ccc(F)c(F)c2)CC(C)(C)c2c[nH]c(Cl)c(OCCO)ccnc21. The molecule has 8 nitrogen and oxygen atoms in total. The van der Waals surface area contributed by atoms with Crippen molar-refractivity contribution in [2.75, 3.05) is 19.8 Å². The van der Waals surface area contributed by atoms with Crippen LogP contribution in [0.25, 0.3) is 5.57 Å². The van der Waals surface area contributed by atoms with E-state index in [9.17, 15) is 18.4 Å². The second-order valence-electron chi connectivity index (χ2n) is 9.19. The minimum Gasteiger partial charge on any atom is -0.488 e. The van der Waals surface area contributed by atoms with Crippen molar-refractivity contribution in [3.05, 3.63) is 76.5 Å². The van der Waals surface area contributed by atoms with Crippen molar-refractivity contribution in [3.8, 4) is 5.75 Å². The van der Waals surface area contributed by atoms with Gasteiger partial charge < -0.3 is 24.5 Å². The first-order valence-electron chi connectivity index (χ1n) is 11.5. The Morgan fingerprint density at radius 1 is 1.24 bits per heavy atom. The van der Waals surface area contributed by atoms with Crippen molar-refractivity contribution < 1.29 is 33.0 Å². The monoisotopic (exact) mass is 535 g/mol. The fraction of sp³-hybridized carbons (Fsp3) is 0.346. The highest BCUT2D eigenvalue weighted by Gasteiger charge is 2.35. The Bertz CT molecular complexity index is 1270. The van der Waals surface area contributed by atoms with E-state index in [0.717, 1.165) is 12.1 Å². The number of hydrogen-bond acceptors (Lipinski definition) is 6. The molecule has 0 saturated carbocycles. The highest BCUT2D eigenvalue weighted by molar-refractivity contribution is 6.30. The molecule has 37 heavy (non-hydrogen) atoms. The number of benzene rings is 1. The summed E-state index contributed by atoms with van der Waals surface area (Å²) in [6.07, 6.45) is 3.77. The number of ether oxygens (including phenoxy) is 2. The molecule has 0 saturated heterocycles. The molecule has 2 heterocycles. The maximum Gasteiger partial charge on any atom is 0.342 e. The van der Waals surface area contributed by atoms with Gasteiger partial charge in [-0.2, -0.15) is 0 Å². The number of amides is 1. The van der Waals surface area contributed by atoms with E-state index in [1.54, 1.807) is 20.0 Å². The molecule has 1 aliphatic rings. The molecule has 1 aromatic carbocycles. The van der Waals surface area contributed by atoms with Crippen LogP contribution in [0, 0.1) is 11.6 Å². The molecular formula is C26H28ClF2N3O5. The summed E-state index contributed by atoms with van der Waals surface area (Å²) in [5.41, 5.74) is -0.204. The Balaban J connectivity index is 2.23. The van der Waals surface area contributed by atoms with Crippen molar-refractivity contribution >= 4 is 29.1 Å². The zero-order valence-corrected chi connectivity index (χ0v) is 21.6. The first-order chi connectivity index (χ1) is 17.4. The van der Waals surface area contributed by atoms with Crippen molar-refractivity contribution in [1.29, 1.82) is 0 Å². The van der Waals surface area contributed by atoms with Crippen LogP contribution in [-0.2, 0) is 14.9 Å². The van der Waals surface area contributed by atoms with Crippen LogP contribution in [0.3, 0.4) is 0 Å². The predicted octanol–water partition coefficient (Wildman–Crippen LogP) is 4.56. The summed E-state index contributed by atoms with van der Waals surface area (Å²) in [5.74, 6) is -3.40. The summed E-state index contributed by atoms with van der Waals surface area (Å²) in [6, 6.07) is 4.31. The van der Waals surface area contributed by atoms with Crippen LogP contribution in [0.2, 0.25) is 5.15 Å². The number of nitrogens with one attached hydrogen (secondary N) is 1. The Morgan fingerprint density at radius 3 is 2.62 bits per heavy atom. The van der Waals surface area contributed by atoms with Crippen molar-refractivity contribution in [2.24, 2.45) is 0 Å². The van der Waals surface area contributed by atoms with Gasteiger partial charge in [-0.05, 0) is 32.0 Å². The molecule has 0 unspecified atom stereocenters. The first-order valence-corrected chi connectivity index (χ1v) is 11.9. The number of aliphatic hydroxyl groups excluding tert-OH is 1. The van der Waals surface area contributed by atoms with Crippen LogP contribution in [0.1, 0.15) is 49.3 Å². The molecule has 3 rings (SSSR count). The van der Waals surface area contributed by atoms with Gasteiger partial charge in [-0.15, -0.1) is 0 Å². The molecule has 0 fully saturated rings. The molecule has 1 aromatic heterocycles. The minimum atomic E-state index is -1.16. The smallest absolute Gasteiger partial charge is 0.342 e. The van der Waals surface area contributed by atoms with Gasteiger partial charge in [0.25, 0.3) is 5.91 Å². The number of aliphatic hydroxyl groups is 1. The zero-order valence-electron chi connectivity index (χ0n) is 20.8. The number of carbonyl (C=O) groups is 2. The molecule has 0 radical (unpaired) electrons. The van der Waals surface area contributed by atoms with Crippen LogP contribution in [0.15, 0.2) is 42.9 Å². The van der Waals surface area contributed by atoms with Crippen molar-refractivity contribution in [1.82, 2.24) is 14.9 Å². The number of aromatic amines is 1. The standard InChI is InChI=1S/C26H28ClF2N3O5/c1-15(2)37-25(35)17-13-32(24(34)16-5-6-19(28)20(29)11-16)14-26(3,4)18-12-31-23(27)21(36-10-9-33)7-8-30-22(17)18/h5-8,11-13,15,31,33H,9-10,14H2,1-4H3. The Morgan fingerprint density at radius 2 is 1.97 bits per heavy atom. The highest BCUT2D eigenvalue weighted by atomic mass is 35.5. The highest BCUT2D eigenvalue weighted by Crippen LogP contribution is 2.35. The van der Waals surface area contributed by atoms with Crippen LogP contribution in [-0.4, -0.2) is 57.7 Å². The van der Waals surface area contributed by atoms with E-state index < -0.39 is 35.0 Å². The molecule has 0 bridgehead atoms. The lowest BCUT2D eigenvalue weighted by molar-refractivity contribution is -0.140. The lowest BCUT2D eigenvalue weighted by atomic mass is 9.83. The van der Waals surface area contributed by atoms with Gasteiger partial charge in [-0.25, -0.2) is 13.6 Å². The molecule has 1 aliphatic heterocycles. The number of aromatic nitrogens is 2. The number of hydrogen-bond donors (Lipinski definition) is 2. The maximum atomic E-state index is 13.9. The van der Waals surface area contributed by atoms with Gasteiger partial charge in [0.05, 0.1) is 18.4 Å². The van der Waals surface area contributed by atoms with Gasteiger partial charge in [0.2, 0.25) is 0 Å². The minimum absolute atomic E-state index is 0.00310. The van der Waals surface area contributed by atoms with Crippen LogP contribution < -0.4 is 4.74 Å². The third kappa shape index (κ3) is 6.64. The normalized spacial score (nSPS) is 14.3. The molecule has 2 aromatic rings. The van der Waals surface area contributed by atoms with Crippen LogP contribution in [0.4, 0.5) is 8.78 Å². The number of fused-ring (bicyclic) bond motifs is 1. The first kappa shape index (κ1) is 28.1. The molecule has 1 amide bonds. The van der Waals surface area contributed by atoms with Gasteiger partial charge in [0, 0.05) is 47.7 Å². The molecule has 0 atom stereocenters. The molecular weight excluding hydrogens is 508 g/mol.